The number of ether oxygens (including phenoxy) is 1. The van der Waals surface area contributed by atoms with Crippen LogP contribution in [0.1, 0.15) is 29.9 Å². The Labute approximate surface area is 204 Å². The molecule has 4 rings (SSSR count). The number of anilines is 2. The van der Waals surface area contributed by atoms with E-state index >= 15 is 0 Å². The first-order valence-electron chi connectivity index (χ1n) is 10.8. The number of nitrogens with zero attached hydrogens (tertiary/aromatic N) is 2. The molecule has 0 aliphatic carbocycles. The fraction of sp³-hybridized carbons (Fsp3) is 0.192. The zero-order valence-corrected chi connectivity index (χ0v) is 20.1. The minimum absolute atomic E-state index is 0.318. The quantitative estimate of drug-likeness (QED) is 0.360. The SMILES string of the molecule is C=CCOc1ccccc1C1NC(=S)N(c2cccc(C)c2)C(C)=C1C(=O)Nc1cc(C)on1. The Bertz CT molecular complexity index is 1280. The standard InChI is InChI=1S/C26H26N4O3S/c1-5-13-32-21-12-7-6-11-20(21)24-23(25(31)27-22-15-17(3)33-29-22)18(4)30(26(34)28-24)19-10-8-9-16(2)14-19/h5-12,14-15,24H,1,13H2,2-4H3,(H,28,34)(H,27,29,31). The number of carbonyl (C=O) groups is 1. The molecule has 174 valence electrons. The molecule has 0 bridgehead atoms. The highest BCUT2D eigenvalue weighted by Crippen LogP contribution is 2.37. The van der Waals surface area contributed by atoms with E-state index in [9.17, 15) is 4.79 Å². The zero-order valence-electron chi connectivity index (χ0n) is 19.3. The maximum atomic E-state index is 13.6. The third kappa shape index (κ3) is 4.72. The number of hydrogen-bond acceptors (Lipinski definition) is 5. The van der Waals surface area contributed by atoms with Crippen LogP contribution >= 0.6 is 12.2 Å². The van der Waals surface area contributed by atoms with Crippen LogP contribution < -0.4 is 20.3 Å². The molecule has 8 heteroatoms. The number of carbonyl (C=O) groups excluding carboxylic acids is 1. The number of amides is 1. The molecule has 2 aromatic carbocycles. The second-order valence-electron chi connectivity index (χ2n) is 7.97. The van der Waals surface area contributed by atoms with Crippen LogP contribution in [0.2, 0.25) is 0 Å². The molecule has 1 unspecified atom stereocenters. The van der Waals surface area contributed by atoms with Crippen molar-refractivity contribution >= 4 is 34.7 Å². The number of nitrogens with one attached hydrogen (secondary N) is 2. The van der Waals surface area contributed by atoms with Crippen molar-refractivity contribution in [2.24, 2.45) is 0 Å². The molecular formula is C26H26N4O3S. The molecule has 34 heavy (non-hydrogen) atoms. The van der Waals surface area contributed by atoms with Gasteiger partial charge in [-0.15, -0.1) is 0 Å². The summed E-state index contributed by atoms with van der Waals surface area (Å²) in [5.74, 6) is 1.27. The predicted molar refractivity (Wildman–Crippen MR) is 137 cm³/mol. The number of aryl methyl sites for hydroxylation is 2. The largest absolute Gasteiger partial charge is 0.489 e. The summed E-state index contributed by atoms with van der Waals surface area (Å²) in [7, 11) is 0. The van der Waals surface area contributed by atoms with Crippen LogP contribution in [-0.4, -0.2) is 22.8 Å². The second kappa shape index (κ2) is 9.93. The van der Waals surface area contributed by atoms with Gasteiger partial charge in [-0.05, 0) is 56.8 Å². The van der Waals surface area contributed by atoms with Gasteiger partial charge in [-0.2, -0.15) is 0 Å². The van der Waals surface area contributed by atoms with Gasteiger partial charge in [0.1, 0.15) is 18.1 Å². The molecule has 1 aliphatic rings. The van der Waals surface area contributed by atoms with Crippen molar-refractivity contribution in [3.63, 3.8) is 0 Å². The van der Waals surface area contributed by atoms with Gasteiger partial charge < -0.3 is 19.9 Å². The Morgan fingerprint density at radius 3 is 2.74 bits per heavy atom. The molecule has 1 aromatic heterocycles. The predicted octanol–water partition coefficient (Wildman–Crippen LogP) is 5.20. The fourth-order valence-electron chi connectivity index (χ4n) is 3.96. The molecule has 2 N–H and O–H groups in total. The van der Waals surface area contributed by atoms with Gasteiger partial charge in [0.05, 0.1) is 11.6 Å². The zero-order chi connectivity index (χ0) is 24.2. The summed E-state index contributed by atoms with van der Waals surface area (Å²) < 4.78 is 11.0. The molecule has 0 saturated heterocycles. The highest BCUT2D eigenvalue weighted by atomic mass is 32.1. The molecule has 1 aliphatic heterocycles. The molecule has 2 heterocycles. The normalized spacial score (nSPS) is 15.7. The number of rotatable bonds is 7. The second-order valence-corrected chi connectivity index (χ2v) is 8.36. The lowest BCUT2D eigenvalue weighted by Crippen LogP contribution is -2.48. The third-order valence-electron chi connectivity index (χ3n) is 5.45. The Kier molecular flexibility index (Phi) is 6.79. The van der Waals surface area contributed by atoms with Gasteiger partial charge in [-0.3, -0.25) is 9.69 Å². The van der Waals surface area contributed by atoms with Gasteiger partial charge in [0.25, 0.3) is 5.91 Å². The summed E-state index contributed by atoms with van der Waals surface area (Å²) in [6, 6.07) is 16.7. The third-order valence-corrected chi connectivity index (χ3v) is 5.75. The molecule has 7 nitrogen and oxygen atoms in total. The molecule has 0 radical (unpaired) electrons. The van der Waals surface area contributed by atoms with Crippen molar-refractivity contribution in [1.29, 1.82) is 0 Å². The van der Waals surface area contributed by atoms with Crippen LogP contribution in [0, 0.1) is 13.8 Å². The molecular weight excluding hydrogens is 448 g/mol. The Balaban J connectivity index is 1.83. The van der Waals surface area contributed by atoms with E-state index in [0.29, 0.717) is 40.3 Å². The van der Waals surface area contributed by atoms with Gasteiger partial charge in [0.2, 0.25) is 0 Å². The van der Waals surface area contributed by atoms with Gasteiger partial charge in [0.15, 0.2) is 10.9 Å². The number of allylic oxidation sites excluding steroid dienone is 1. The lowest BCUT2D eigenvalue weighted by molar-refractivity contribution is -0.113. The summed E-state index contributed by atoms with van der Waals surface area (Å²) in [6.45, 7) is 9.73. The highest BCUT2D eigenvalue weighted by molar-refractivity contribution is 7.80. The minimum atomic E-state index is -0.539. The topological polar surface area (TPSA) is 79.6 Å². The van der Waals surface area contributed by atoms with Crippen molar-refractivity contribution in [3.05, 3.63) is 95.4 Å². The molecule has 3 aromatic rings. The van der Waals surface area contributed by atoms with E-state index in [2.05, 4.69) is 22.4 Å². The molecule has 1 atom stereocenters. The van der Waals surface area contributed by atoms with E-state index < -0.39 is 6.04 Å². The van der Waals surface area contributed by atoms with Gasteiger partial charge in [0, 0.05) is 23.0 Å². The first kappa shape index (κ1) is 23.3. The average Bonchev–Trinajstić information content (AvgIpc) is 3.21. The summed E-state index contributed by atoms with van der Waals surface area (Å²) in [6.07, 6.45) is 1.68. The van der Waals surface area contributed by atoms with E-state index in [1.165, 1.54) is 0 Å². The maximum absolute atomic E-state index is 13.6. The van der Waals surface area contributed by atoms with E-state index in [-0.39, 0.29) is 5.91 Å². The monoisotopic (exact) mass is 474 g/mol. The average molecular weight is 475 g/mol. The van der Waals surface area contributed by atoms with Crippen molar-refractivity contribution in [1.82, 2.24) is 10.5 Å². The van der Waals surface area contributed by atoms with Crippen LogP contribution in [0.15, 0.2) is 83.0 Å². The summed E-state index contributed by atoms with van der Waals surface area (Å²) in [4.78, 5) is 15.5. The molecule has 1 amide bonds. The Hall–Kier alpha value is -3.91. The summed E-state index contributed by atoms with van der Waals surface area (Å²) in [5, 5.41) is 10.6. The molecule has 0 spiro atoms. The van der Waals surface area contributed by atoms with E-state index in [0.717, 1.165) is 16.8 Å². The van der Waals surface area contributed by atoms with E-state index in [1.807, 2.05) is 67.3 Å². The molecule has 0 saturated carbocycles. The van der Waals surface area contributed by atoms with Crippen LogP contribution in [0.3, 0.4) is 0 Å². The maximum Gasteiger partial charge on any atom is 0.257 e. The number of aromatic nitrogens is 1. The van der Waals surface area contributed by atoms with Crippen molar-refractivity contribution in [2.45, 2.75) is 26.8 Å². The van der Waals surface area contributed by atoms with E-state index in [4.69, 9.17) is 21.5 Å². The molecule has 0 fully saturated rings. The van der Waals surface area contributed by atoms with Gasteiger partial charge in [-0.1, -0.05) is 48.1 Å². The van der Waals surface area contributed by atoms with Crippen molar-refractivity contribution in [3.8, 4) is 5.75 Å². The van der Waals surface area contributed by atoms with Crippen molar-refractivity contribution in [2.75, 3.05) is 16.8 Å². The fourth-order valence-corrected chi connectivity index (χ4v) is 4.32. The van der Waals surface area contributed by atoms with Crippen LogP contribution in [0.5, 0.6) is 5.75 Å². The van der Waals surface area contributed by atoms with Gasteiger partial charge in [-0.25, -0.2) is 0 Å². The Morgan fingerprint density at radius 1 is 1.24 bits per heavy atom. The Morgan fingerprint density at radius 2 is 2.03 bits per heavy atom. The lowest BCUT2D eigenvalue weighted by Gasteiger charge is -2.38. The number of benzene rings is 2. The number of para-hydroxylation sites is 1. The number of hydrogen-bond donors (Lipinski definition) is 2. The first-order valence-corrected chi connectivity index (χ1v) is 11.2. The number of thiocarbonyl (C=S) groups is 1. The van der Waals surface area contributed by atoms with Gasteiger partial charge >= 0.3 is 0 Å². The van der Waals surface area contributed by atoms with Crippen LogP contribution in [-0.2, 0) is 4.79 Å². The minimum Gasteiger partial charge on any atom is -0.489 e. The highest BCUT2D eigenvalue weighted by Gasteiger charge is 2.36. The van der Waals surface area contributed by atoms with Crippen LogP contribution in [0.25, 0.3) is 0 Å². The summed E-state index contributed by atoms with van der Waals surface area (Å²) in [5.41, 5.74) is 3.94. The van der Waals surface area contributed by atoms with Crippen molar-refractivity contribution < 1.29 is 14.1 Å². The first-order chi connectivity index (χ1) is 16.4. The van der Waals surface area contributed by atoms with E-state index in [1.54, 1.807) is 19.1 Å². The smallest absolute Gasteiger partial charge is 0.257 e. The van der Waals surface area contributed by atoms with Crippen LogP contribution in [0.4, 0.5) is 11.5 Å². The summed E-state index contributed by atoms with van der Waals surface area (Å²) >= 11 is 5.77. The lowest BCUT2D eigenvalue weighted by atomic mass is 9.93.